The smallest absolute Gasteiger partial charge is 0.257 e. The topological polar surface area (TPSA) is 89.4 Å². The van der Waals surface area contributed by atoms with Crippen molar-refractivity contribution in [1.82, 2.24) is 24.5 Å². The summed E-state index contributed by atoms with van der Waals surface area (Å²) in [6.45, 7) is 1.65. The average Bonchev–Trinajstić information content (AvgIpc) is 3.06. The van der Waals surface area contributed by atoms with Gasteiger partial charge in [0.25, 0.3) is 5.91 Å². The van der Waals surface area contributed by atoms with Crippen LogP contribution < -0.4 is 5.73 Å². The highest BCUT2D eigenvalue weighted by molar-refractivity contribution is 6.01. The zero-order chi connectivity index (χ0) is 19.8. The molecule has 3 aromatic rings. The zero-order valence-corrected chi connectivity index (χ0v) is 16.3. The number of allylic oxidation sites excluding steroid dienone is 1. The molecule has 1 amide bonds. The van der Waals surface area contributed by atoms with Gasteiger partial charge in [-0.2, -0.15) is 5.10 Å². The second-order valence-electron chi connectivity index (χ2n) is 7.75. The normalized spacial score (nSPS) is 17.0. The maximum Gasteiger partial charge on any atom is 0.257 e. The Balaban J connectivity index is 1.57. The number of hydrogen-bond donors (Lipinski definition) is 1. The van der Waals surface area contributed by atoms with E-state index >= 15 is 0 Å². The molecule has 1 aliphatic heterocycles. The van der Waals surface area contributed by atoms with Crippen molar-refractivity contribution >= 4 is 22.9 Å². The first kappa shape index (κ1) is 17.8. The second-order valence-corrected chi connectivity index (χ2v) is 7.75. The van der Waals surface area contributed by atoms with Gasteiger partial charge in [-0.3, -0.25) is 4.79 Å². The summed E-state index contributed by atoms with van der Waals surface area (Å²) in [5.41, 5.74) is 11.4. The summed E-state index contributed by atoms with van der Waals surface area (Å²) in [4.78, 5) is 23.7. The van der Waals surface area contributed by atoms with Gasteiger partial charge < -0.3 is 10.6 Å². The van der Waals surface area contributed by atoms with E-state index in [1.165, 1.54) is 6.42 Å². The molecular formula is C22H24N6O. The van der Waals surface area contributed by atoms with Crippen LogP contribution in [-0.2, 0) is 6.42 Å². The molecule has 1 fully saturated rings. The third-order valence-electron chi connectivity index (χ3n) is 5.85. The summed E-state index contributed by atoms with van der Waals surface area (Å²) in [5.74, 6) is 0.383. The molecule has 4 heterocycles. The lowest BCUT2D eigenvalue weighted by atomic mass is 9.98. The molecule has 0 unspecified atom stereocenters. The van der Waals surface area contributed by atoms with Crippen molar-refractivity contribution in [2.45, 2.75) is 38.5 Å². The third kappa shape index (κ3) is 3.26. The van der Waals surface area contributed by atoms with E-state index in [2.05, 4.69) is 27.2 Å². The van der Waals surface area contributed by atoms with E-state index in [4.69, 9.17) is 5.73 Å². The molecule has 148 valence electrons. The lowest BCUT2D eigenvalue weighted by molar-refractivity contribution is 0.0726. The van der Waals surface area contributed by atoms with Crippen LogP contribution in [0.15, 0.2) is 36.8 Å². The fraction of sp³-hybridized carbons (Fsp3) is 0.364. The number of aryl methyl sites for hydroxylation is 1. The van der Waals surface area contributed by atoms with Gasteiger partial charge in [0.15, 0.2) is 0 Å². The molecule has 1 aliphatic carbocycles. The number of carbonyl (C=O) groups excluding carboxylic acids is 1. The molecule has 5 rings (SSSR count). The van der Waals surface area contributed by atoms with Crippen LogP contribution in [0.25, 0.3) is 11.1 Å². The molecule has 2 aliphatic rings. The van der Waals surface area contributed by atoms with Crippen LogP contribution in [0.5, 0.6) is 0 Å². The first-order chi connectivity index (χ1) is 14.2. The van der Waals surface area contributed by atoms with Gasteiger partial charge in [-0.15, -0.1) is 0 Å². The molecule has 7 heteroatoms. The Kier molecular flexibility index (Phi) is 4.50. The van der Waals surface area contributed by atoms with Gasteiger partial charge in [-0.05, 0) is 61.8 Å². The Bertz CT molecular complexity index is 1110. The molecule has 0 bridgehead atoms. The molecule has 0 aromatic carbocycles. The number of anilines is 1. The van der Waals surface area contributed by atoms with Crippen molar-refractivity contribution in [3.8, 4) is 0 Å². The van der Waals surface area contributed by atoms with Gasteiger partial charge in [-0.1, -0.05) is 6.08 Å². The Morgan fingerprint density at radius 1 is 1.10 bits per heavy atom. The van der Waals surface area contributed by atoms with Crippen LogP contribution in [0.1, 0.15) is 59.3 Å². The Hall–Kier alpha value is -3.22. The molecule has 2 N–H and O–H groups in total. The van der Waals surface area contributed by atoms with E-state index in [-0.39, 0.29) is 5.91 Å². The highest BCUT2D eigenvalue weighted by atomic mass is 16.2. The van der Waals surface area contributed by atoms with E-state index < -0.39 is 0 Å². The van der Waals surface area contributed by atoms with Crippen LogP contribution in [0.2, 0.25) is 0 Å². The molecule has 3 aromatic heterocycles. The van der Waals surface area contributed by atoms with Gasteiger partial charge >= 0.3 is 0 Å². The molecule has 0 saturated carbocycles. The number of rotatable bonds is 2. The van der Waals surface area contributed by atoms with E-state index in [0.29, 0.717) is 11.5 Å². The lowest BCUT2D eigenvalue weighted by Gasteiger charge is -2.26. The summed E-state index contributed by atoms with van der Waals surface area (Å²) in [5, 5.41) is 4.40. The number of piperidine rings is 1. The number of amides is 1. The number of nitrogens with two attached hydrogens (primary N) is 1. The average molecular weight is 388 g/mol. The molecule has 0 radical (unpaired) electrons. The Labute approximate surface area is 169 Å². The van der Waals surface area contributed by atoms with Gasteiger partial charge in [0.2, 0.25) is 5.95 Å². The summed E-state index contributed by atoms with van der Waals surface area (Å²) in [6.07, 6.45) is 13.9. The monoisotopic (exact) mass is 388 g/mol. The minimum atomic E-state index is 0.0724. The number of hydrogen-bond acceptors (Lipinski definition) is 5. The van der Waals surface area contributed by atoms with Gasteiger partial charge in [0, 0.05) is 31.0 Å². The van der Waals surface area contributed by atoms with Gasteiger partial charge in [0.1, 0.15) is 0 Å². The Morgan fingerprint density at radius 3 is 2.83 bits per heavy atom. The zero-order valence-electron chi connectivity index (χ0n) is 16.3. The highest BCUT2D eigenvalue weighted by Crippen LogP contribution is 2.31. The fourth-order valence-electron chi connectivity index (χ4n) is 4.33. The minimum Gasteiger partial charge on any atom is -0.368 e. The van der Waals surface area contributed by atoms with Crippen LogP contribution in [0, 0.1) is 0 Å². The molecular weight excluding hydrogens is 364 g/mol. The number of pyridine rings is 1. The van der Waals surface area contributed by atoms with E-state index in [9.17, 15) is 4.79 Å². The van der Waals surface area contributed by atoms with Crippen molar-refractivity contribution in [2.24, 2.45) is 0 Å². The van der Waals surface area contributed by atoms with Gasteiger partial charge in [0.05, 0.1) is 23.0 Å². The molecule has 0 atom stereocenters. The van der Waals surface area contributed by atoms with Crippen molar-refractivity contribution < 1.29 is 4.79 Å². The second kappa shape index (κ2) is 7.31. The quantitative estimate of drug-likeness (QED) is 0.729. The summed E-state index contributed by atoms with van der Waals surface area (Å²) >= 11 is 0. The number of fused-ring (bicyclic) bond motifs is 2. The first-order valence-electron chi connectivity index (χ1n) is 10.3. The van der Waals surface area contributed by atoms with Crippen molar-refractivity contribution in [3.05, 3.63) is 59.2 Å². The van der Waals surface area contributed by atoms with Crippen LogP contribution in [0.4, 0.5) is 5.95 Å². The largest absolute Gasteiger partial charge is 0.368 e. The van der Waals surface area contributed by atoms with Crippen molar-refractivity contribution in [1.29, 1.82) is 0 Å². The number of likely N-dealkylation sites (tertiary alicyclic amines) is 1. The highest BCUT2D eigenvalue weighted by Gasteiger charge is 2.22. The minimum absolute atomic E-state index is 0.0724. The maximum atomic E-state index is 13.1. The molecule has 0 spiro atoms. The summed E-state index contributed by atoms with van der Waals surface area (Å²) in [7, 11) is 0. The molecule has 1 saturated heterocycles. The molecule has 29 heavy (non-hydrogen) atoms. The third-order valence-corrected chi connectivity index (χ3v) is 5.85. The first-order valence-corrected chi connectivity index (χ1v) is 10.3. The number of nitrogen functional groups attached to an aromatic ring is 1. The van der Waals surface area contributed by atoms with Crippen LogP contribution >= 0.6 is 0 Å². The Morgan fingerprint density at radius 2 is 1.97 bits per heavy atom. The number of nitrogens with zero attached hydrogens (tertiary/aromatic N) is 5. The molecule has 7 nitrogen and oxygen atoms in total. The fourth-order valence-corrected chi connectivity index (χ4v) is 4.33. The maximum absolute atomic E-state index is 13.1. The predicted molar refractivity (Wildman–Crippen MR) is 111 cm³/mol. The van der Waals surface area contributed by atoms with Gasteiger partial charge in [-0.25, -0.2) is 14.5 Å². The predicted octanol–water partition coefficient (Wildman–Crippen LogP) is 3.10. The standard InChI is InChI=1S/C22H24N6O/c23-22-24-13-17-16(6-2-3-7-19(17)26-22)15-8-11-28-20(12-15)18(14-25-28)21(29)27-9-4-1-5-10-27/h6,8,11-14H,1-5,7,9-10H2,(H2,23,24,26). The SMILES string of the molecule is Nc1ncc2c(n1)CCCC=C2c1ccn2ncc(C(=O)N3CCCCC3)c2c1. The lowest BCUT2D eigenvalue weighted by Crippen LogP contribution is -2.35. The van der Waals surface area contributed by atoms with E-state index in [1.54, 1.807) is 10.7 Å². The van der Waals surface area contributed by atoms with Crippen LogP contribution in [-0.4, -0.2) is 43.5 Å². The van der Waals surface area contributed by atoms with E-state index in [1.807, 2.05) is 23.4 Å². The van der Waals surface area contributed by atoms with E-state index in [0.717, 1.165) is 73.1 Å². The number of carbonyl (C=O) groups is 1. The van der Waals surface area contributed by atoms with Crippen molar-refractivity contribution in [2.75, 3.05) is 18.8 Å². The number of aromatic nitrogens is 4. The van der Waals surface area contributed by atoms with Crippen molar-refractivity contribution in [3.63, 3.8) is 0 Å². The summed E-state index contributed by atoms with van der Waals surface area (Å²) in [6, 6.07) is 4.09. The summed E-state index contributed by atoms with van der Waals surface area (Å²) < 4.78 is 1.78. The van der Waals surface area contributed by atoms with Crippen LogP contribution in [0.3, 0.4) is 0 Å².